The largest absolute Gasteiger partial charge is 0.493 e. The molecule has 3 heterocycles. The van der Waals surface area contributed by atoms with Crippen LogP contribution < -0.4 is 19.7 Å². The minimum absolute atomic E-state index is 0.0612. The Morgan fingerprint density at radius 3 is 2.52 bits per heavy atom. The van der Waals surface area contributed by atoms with E-state index in [2.05, 4.69) is 10.3 Å². The number of anilines is 1. The number of aromatic nitrogens is 1. The number of rotatable bonds is 8. The van der Waals surface area contributed by atoms with Gasteiger partial charge in [0.2, 0.25) is 11.8 Å². The van der Waals surface area contributed by atoms with Gasteiger partial charge in [-0.05, 0) is 29.8 Å². The summed E-state index contributed by atoms with van der Waals surface area (Å²) in [6.07, 6.45) is -4.68. The second kappa shape index (κ2) is 11.2. The van der Waals surface area contributed by atoms with E-state index in [1.165, 1.54) is 37.4 Å². The van der Waals surface area contributed by atoms with Crippen LogP contribution >= 0.6 is 23.1 Å². The van der Waals surface area contributed by atoms with Crippen molar-refractivity contribution in [3.05, 3.63) is 68.1 Å². The fourth-order valence-corrected chi connectivity index (χ4v) is 7.43. The summed E-state index contributed by atoms with van der Waals surface area (Å²) in [4.78, 5) is 65.7. The maximum absolute atomic E-state index is 13.3. The van der Waals surface area contributed by atoms with Gasteiger partial charge < -0.3 is 24.9 Å². The fourth-order valence-electron chi connectivity index (χ4n) is 4.89. The molecule has 0 aliphatic carbocycles. The van der Waals surface area contributed by atoms with Crippen LogP contribution in [0.2, 0.25) is 0 Å². The second-order valence-electron chi connectivity index (χ2n) is 9.20. The number of halogens is 3. The van der Waals surface area contributed by atoms with E-state index >= 15 is 0 Å². The first kappa shape index (κ1) is 29.2. The molecule has 1 fully saturated rings. The van der Waals surface area contributed by atoms with Crippen molar-refractivity contribution in [1.82, 2.24) is 9.88 Å². The van der Waals surface area contributed by atoms with Gasteiger partial charge in [-0.1, -0.05) is 41.3 Å². The number of carbonyl (C=O) groups is 4. The van der Waals surface area contributed by atoms with E-state index in [0.29, 0.717) is 20.4 Å². The number of likely N-dealkylation sites (tertiary alicyclic amines) is 1. The van der Waals surface area contributed by atoms with E-state index in [4.69, 9.17) is 9.47 Å². The molecule has 5 rings (SSSR count). The van der Waals surface area contributed by atoms with Crippen LogP contribution in [0.25, 0.3) is 0 Å². The fraction of sp³-hybridized carbons (Fsp3) is 0.269. The number of thioether (sulfide) groups is 1. The minimum Gasteiger partial charge on any atom is -0.493 e. The number of methoxy groups -OCH3 is 1. The van der Waals surface area contributed by atoms with Crippen molar-refractivity contribution in [2.75, 3.05) is 25.6 Å². The quantitative estimate of drug-likeness (QED) is 0.321. The van der Waals surface area contributed by atoms with Gasteiger partial charge in [0.05, 0.1) is 29.3 Å². The molecule has 2 aliphatic rings. The average molecular weight is 624 g/mol. The predicted octanol–water partition coefficient (Wildman–Crippen LogP) is 3.16. The van der Waals surface area contributed by atoms with Crippen molar-refractivity contribution in [2.45, 2.75) is 22.4 Å². The Labute approximate surface area is 242 Å². The molecule has 1 aromatic heterocycles. The van der Waals surface area contributed by atoms with Crippen molar-refractivity contribution in [2.24, 2.45) is 5.92 Å². The number of aliphatic carboxylic acids is 1. The summed E-state index contributed by atoms with van der Waals surface area (Å²) in [5, 5.41) is 10.8. The SMILES string of the molecule is COc1cc([C@H]2c3sc(=O)[nH]c3SC3C(=O)N(CC(=O)O)C(=O)C32)ccc1OCC(=O)Nc1ccccc1C(F)(F)F. The molecule has 42 heavy (non-hydrogen) atoms. The highest BCUT2D eigenvalue weighted by Crippen LogP contribution is 2.53. The molecule has 2 unspecified atom stereocenters. The summed E-state index contributed by atoms with van der Waals surface area (Å²) < 4.78 is 50.7. The lowest BCUT2D eigenvalue weighted by molar-refractivity contribution is -0.149. The molecule has 11 nitrogen and oxygen atoms in total. The van der Waals surface area contributed by atoms with Gasteiger partial charge in [0.1, 0.15) is 11.8 Å². The zero-order chi connectivity index (χ0) is 30.3. The van der Waals surface area contributed by atoms with E-state index in [9.17, 15) is 42.3 Å². The molecule has 3 aromatic rings. The Morgan fingerprint density at radius 1 is 1.10 bits per heavy atom. The van der Waals surface area contributed by atoms with E-state index in [-0.39, 0.29) is 11.5 Å². The number of nitrogens with zero attached hydrogens (tertiary/aromatic N) is 1. The minimum atomic E-state index is -4.68. The zero-order valence-electron chi connectivity index (χ0n) is 21.4. The van der Waals surface area contributed by atoms with Crippen LogP contribution in [0.4, 0.5) is 18.9 Å². The number of benzene rings is 2. The number of para-hydroxylation sites is 1. The molecular formula is C26H20F3N3O8S2. The van der Waals surface area contributed by atoms with Crippen LogP contribution in [0.5, 0.6) is 11.5 Å². The van der Waals surface area contributed by atoms with Crippen LogP contribution in [0.15, 0.2) is 52.3 Å². The third-order valence-electron chi connectivity index (χ3n) is 6.62. The summed E-state index contributed by atoms with van der Waals surface area (Å²) in [6.45, 7) is -1.46. The maximum Gasteiger partial charge on any atom is 0.418 e. The summed E-state index contributed by atoms with van der Waals surface area (Å²) in [6, 6.07) is 8.95. The number of aromatic amines is 1. The Bertz CT molecular complexity index is 1650. The van der Waals surface area contributed by atoms with Crippen molar-refractivity contribution >= 4 is 52.5 Å². The van der Waals surface area contributed by atoms with E-state index < -0.39 is 76.2 Å². The predicted molar refractivity (Wildman–Crippen MR) is 143 cm³/mol. The molecule has 0 saturated carbocycles. The number of carboxylic acid groups (broad SMARTS) is 1. The Morgan fingerprint density at radius 2 is 1.83 bits per heavy atom. The Kier molecular flexibility index (Phi) is 7.76. The number of H-pyrrole nitrogens is 1. The summed E-state index contributed by atoms with van der Waals surface area (Å²) in [5.74, 6) is -5.22. The number of hydrogen-bond acceptors (Lipinski definition) is 9. The second-order valence-corrected chi connectivity index (χ2v) is 11.4. The first-order chi connectivity index (χ1) is 19.9. The Balaban J connectivity index is 1.40. The monoisotopic (exact) mass is 623 g/mol. The topological polar surface area (TPSA) is 155 Å². The first-order valence-corrected chi connectivity index (χ1v) is 13.8. The first-order valence-electron chi connectivity index (χ1n) is 12.1. The highest BCUT2D eigenvalue weighted by molar-refractivity contribution is 8.00. The number of carboxylic acids is 1. The number of fused-ring (bicyclic) bond motifs is 2. The standard InChI is InChI=1S/C26H20F3N3O8S2/c1-39-15-8-11(6-7-14(15)40-10-16(33)30-13-5-3-2-4-12(13)26(27,28)29)18-19-21(41-22-20(18)42-25(38)31-22)24(37)32(23(19)36)9-17(34)35/h2-8,18-19,21H,9-10H2,1H3,(H,30,33)(H,31,38)(H,34,35)/t18-,19?,21?/m1/s1. The highest BCUT2D eigenvalue weighted by atomic mass is 32.2. The van der Waals surface area contributed by atoms with Gasteiger partial charge >= 0.3 is 17.0 Å². The Hall–Kier alpha value is -4.31. The molecule has 1 saturated heterocycles. The summed E-state index contributed by atoms with van der Waals surface area (Å²) >= 11 is 1.86. The van der Waals surface area contributed by atoms with Crippen molar-refractivity contribution in [3.63, 3.8) is 0 Å². The molecule has 16 heteroatoms. The van der Waals surface area contributed by atoms with Crippen LogP contribution in [0, 0.1) is 5.92 Å². The molecular weight excluding hydrogens is 603 g/mol. The third-order valence-corrected chi connectivity index (χ3v) is 9.02. The van der Waals surface area contributed by atoms with Gasteiger partial charge in [-0.3, -0.25) is 28.9 Å². The van der Waals surface area contributed by atoms with Crippen LogP contribution in [0.3, 0.4) is 0 Å². The van der Waals surface area contributed by atoms with Crippen LogP contribution in [-0.2, 0) is 25.4 Å². The van der Waals surface area contributed by atoms with Crippen LogP contribution in [-0.4, -0.2) is 64.2 Å². The van der Waals surface area contributed by atoms with Crippen molar-refractivity contribution in [3.8, 4) is 11.5 Å². The lowest BCUT2D eigenvalue weighted by atomic mass is 9.83. The number of alkyl halides is 3. The van der Waals surface area contributed by atoms with Gasteiger partial charge in [0, 0.05) is 10.8 Å². The summed E-state index contributed by atoms with van der Waals surface area (Å²) in [5.41, 5.74) is -0.995. The number of hydrogen-bond donors (Lipinski definition) is 3. The number of imide groups is 1. The van der Waals surface area contributed by atoms with Gasteiger partial charge in [-0.25, -0.2) is 0 Å². The molecule has 0 spiro atoms. The van der Waals surface area contributed by atoms with Gasteiger partial charge in [-0.15, -0.1) is 0 Å². The lowest BCUT2D eigenvalue weighted by Crippen LogP contribution is -2.36. The van der Waals surface area contributed by atoms with Gasteiger partial charge in [0.15, 0.2) is 18.1 Å². The molecule has 220 valence electrons. The van der Waals surface area contributed by atoms with Crippen molar-refractivity contribution in [1.29, 1.82) is 0 Å². The number of thiazole rings is 1. The molecule has 2 aromatic carbocycles. The third kappa shape index (κ3) is 5.46. The van der Waals surface area contributed by atoms with Gasteiger partial charge in [0.25, 0.3) is 5.91 Å². The van der Waals surface area contributed by atoms with Crippen molar-refractivity contribution < 1.29 is 46.9 Å². The van der Waals surface area contributed by atoms with Gasteiger partial charge in [-0.2, -0.15) is 13.2 Å². The van der Waals surface area contributed by atoms with E-state index in [1.54, 1.807) is 0 Å². The molecule has 0 bridgehead atoms. The molecule has 3 N–H and O–H groups in total. The lowest BCUT2D eigenvalue weighted by Gasteiger charge is -2.30. The average Bonchev–Trinajstić information content (AvgIpc) is 3.41. The smallest absolute Gasteiger partial charge is 0.418 e. The van der Waals surface area contributed by atoms with E-state index in [1.807, 2.05) is 0 Å². The normalized spacial score (nSPS) is 19.7. The number of nitrogens with one attached hydrogen (secondary N) is 2. The van der Waals surface area contributed by atoms with Crippen LogP contribution in [0.1, 0.15) is 21.9 Å². The highest BCUT2D eigenvalue weighted by Gasteiger charge is 2.56. The maximum atomic E-state index is 13.3. The number of carbonyl (C=O) groups excluding carboxylic acids is 3. The summed E-state index contributed by atoms with van der Waals surface area (Å²) in [7, 11) is 1.31. The zero-order valence-corrected chi connectivity index (χ0v) is 23.0. The molecule has 2 aliphatic heterocycles. The molecule has 3 atom stereocenters. The number of amides is 3. The number of ether oxygens (including phenoxy) is 2. The molecule has 0 radical (unpaired) electrons. The van der Waals surface area contributed by atoms with E-state index in [0.717, 1.165) is 35.2 Å². The molecule has 3 amide bonds.